The number of hydrogen-bond acceptors (Lipinski definition) is 18. The average Bonchev–Trinajstić information content (AvgIpc) is 3.89. The summed E-state index contributed by atoms with van der Waals surface area (Å²) in [5, 5.41) is 38.2. The molecule has 6 aromatic rings. The SMILES string of the molecule is COc1cccc(OC)c1-n1c(CS(=O)(=O)C[C@@H](O)C2(C)COC2)nnc1-c1cncc(C)c1.COc1cccc(OC)c1-n1c(CS(=O)(=O)C[C@H](O)C2(C)COC2)nnc1-c1cncc(C)c1. The van der Waals surface area contributed by atoms with Crippen molar-refractivity contribution in [3.63, 3.8) is 0 Å². The zero-order valence-corrected chi connectivity index (χ0v) is 40.7. The Kier molecular flexibility index (Phi) is 14.9. The molecule has 0 bridgehead atoms. The average molecular weight is 977 g/mol. The molecule has 0 unspecified atom stereocenters. The Morgan fingerprint density at radius 3 is 1.21 bits per heavy atom. The molecule has 0 aliphatic carbocycles. The summed E-state index contributed by atoms with van der Waals surface area (Å²) in [5.41, 5.74) is 2.92. The molecule has 22 heteroatoms. The lowest BCUT2D eigenvalue weighted by Crippen LogP contribution is -2.51. The molecular formula is C46H56N8O12S2. The molecule has 8 rings (SSSR count). The van der Waals surface area contributed by atoms with Crippen LogP contribution in [0.1, 0.15) is 36.6 Å². The van der Waals surface area contributed by atoms with Crippen LogP contribution in [0.4, 0.5) is 0 Å². The van der Waals surface area contributed by atoms with Crippen LogP contribution in [0.5, 0.6) is 23.0 Å². The lowest BCUT2D eigenvalue weighted by atomic mass is 9.83. The van der Waals surface area contributed by atoms with Gasteiger partial charge in [0.15, 0.2) is 43.0 Å². The second kappa shape index (κ2) is 20.3. The van der Waals surface area contributed by atoms with Crippen molar-refractivity contribution >= 4 is 19.7 Å². The van der Waals surface area contributed by atoms with Crippen molar-refractivity contribution in [1.29, 1.82) is 0 Å². The summed E-state index contributed by atoms with van der Waals surface area (Å²) in [7, 11) is -1.46. The highest BCUT2D eigenvalue weighted by Gasteiger charge is 2.44. The molecule has 68 heavy (non-hydrogen) atoms. The number of para-hydroxylation sites is 2. The number of nitrogens with zero attached hydrogens (tertiary/aromatic N) is 8. The Labute approximate surface area is 395 Å². The van der Waals surface area contributed by atoms with Crippen molar-refractivity contribution in [3.05, 3.63) is 96.1 Å². The maximum Gasteiger partial charge on any atom is 0.170 e. The Morgan fingerprint density at radius 1 is 0.588 bits per heavy atom. The van der Waals surface area contributed by atoms with Gasteiger partial charge in [0.2, 0.25) is 0 Å². The number of aryl methyl sites for hydroxylation is 2. The van der Waals surface area contributed by atoms with Crippen LogP contribution in [-0.4, -0.2) is 145 Å². The van der Waals surface area contributed by atoms with Gasteiger partial charge in [0, 0.05) is 46.7 Å². The van der Waals surface area contributed by atoms with Gasteiger partial charge in [0.05, 0.1) is 78.6 Å². The van der Waals surface area contributed by atoms with Gasteiger partial charge in [0.25, 0.3) is 0 Å². The van der Waals surface area contributed by atoms with E-state index in [2.05, 4.69) is 30.4 Å². The maximum absolute atomic E-state index is 13.1. The number of aromatic nitrogens is 8. The third kappa shape index (κ3) is 10.6. The molecule has 2 aromatic carbocycles. The first kappa shape index (κ1) is 49.9. The summed E-state index contributed by atoms with van der Waals surface area (Å²) in [4.78, 5) is 8.48. The van der Waals surface area contributed by atoms with E-state index in [-0.39, 0.29) is 11.6 Å². The highest BCUT2D eigenvalue weighted by atomic mass is 32.2. The summed E-state index contributed by atoms with van der Waals surface area (Å²) >= 11 is 0. The van der Waals surface area contributed by atoms with Crippen molar-refractivity contribution in [2.75, 3.05) is 66.4 Å². The van der Waals surface area contributed by atoms with E-state index in [4.69, 9.17) is 28.4 Å². The normalized spacial score (nSPS) is 16.0. The second-order valence-electron chi connectivity index (χ2n) is 17.5. The van der Waals surface area contributed by atoms with Gasteiger partial charge in [-0.25, -0.2) is 16.8 Å². The Morgan fingerprint density at radius 2 is 0.926 bits per heavy atom. The standard InChI is InChI=1S/2C23H28N4O6S/c2*1-15-8-16(10-24-9-15)22-26-25-20(12-34(29,30)11-19(28)23(2)13-33-14-23)27(22)21-17(31-3)6-5-7-18(21)32-4/h2*5-10,19,28H,11-14H2,1-4H3/t2*19-/m10/s1. The summed E-state index contributed by atoms with van der Waals surface area (Å²) in [6.45, 7) is 8.71. The van der Waals surface area contributed by atoms with Gasteiger partial charge in [-0.05, 0) is 61.4 Å². The molecule has 0 saturated carbocycles. The van der Waals surface area contributed by atoms with Crippen molar-refractivity contribution < 1.29 is 55.5 Å². The number of aliphatic hydroxyl groups is 2. The van der Waals surface area contributed by atoms with E-state index in [1.165, 1.54) is 28.4 Å². The van der Waals surface area contributed by atoms with E-state index in [1.807, 2.05) is 39.8 Å². The van der Waals surface area contributed by atoms with Crippen LogP contribution in [0.2, 0.25) is 0 Å². The van der Waals surface area contributed by atoms with E-state index in [0.29, 0.717) is 83.6 Å². The number of hydrogen-bond donors (Lipinski definition) is 2. The van der Waals surface area contributed by atoms with Gasteiger partial charge in [-0.2, -0.15) is 0 Å². The molecule has 2 N–H and O–H groups in total. The molecular weight excluding hydrogens is 921 g/mol. The number of ether oxygens (including phenoxy) is 6. The molecule has 2 fully saturated rings. The first-order valence-electron chi connectivity index (χ1n) is 21.4. The van der Waals surface area contributed by atoms with Gasteiger partial charge in [0.1, 0.15) is 45.9 Å². The molecule has 2 aliphatic heterocycles. The van der Waals surface area contributed by atoms with Crippen LogP contribution >= 0.6 is 0 Å². The summed E-state index contributed by atoms with van der Waals surface area (Å²) in [6, 6.07) is 14.3. The highest BCUT2D eigenvalue weighted by Crippen LogP contribution is 2.39. The zero-order chi connectivity index (χ0) is 49.0. The lowest BCUT2D eigenvalue weighted by Gasteiger charge is -2.41. The number of rotatable bonds is 18. The van der Waals surface area contributed by atoms with Crippen molar-refractivity contribution in [1.82, 2.24) is 39.5 Å². The smallest absolute Gasteiger partial charge is 0.170 e. The third-order valence-electron chi connectivity index (χ3n) is 11.8. The van der Waals surface area contributed by atoms with E-state index < -0.39 is 65.7 Å². The Bertz CT molecular complexity index is 2730. The van der Waals surface area contributed by atoms with Gasteiger partial charge in [-0.15, -0.1) is 20.4 Å². The fourth-order valence-corrected chi connectivity index (χ4v) is 10.9. The van der Waals surface area contributed by atoms with E-state index >= 15 is 0 Å². The number of benzene rings is 2. The molecule has 2 saturated heterocycles. The van der Waals surface area contributed by atoms with Crippen LogP contribution in [-0.2, 0) is 40.7 Å². The fourth-order valence-electron chi connectivity index (χ4n) is 7.75. The largest absolute Gasteiger partial charge is 0.494 e. The van der Waals surface area contributed by atoms with Gasteiger partial charge in [-0.3, -0.25) is 19.1 Å². The first-order valence-corrected chi connectivity index (χ1v) is 25.1. The second-order valence-corrected chi connectivity index (χ2v) is 21.7. The quantitative estimate of drug-likeness (QED) is 0.124. The van der Waals surface area contributed by atoms with Gasteiger partial charge in [-0.1, -0.05) is 26.0 Å². The predicted octanol–water partition coefficient (Wildman–Crippen LogP) is 3.93. The van der Waals surface area contributed by atoms with Crippen molar-refractivity contribution in [3.8, 4) is 57.1 Å². The molecule has 20 nitrogen and oxygen atoms in total. The molecule has 2 atom stereocenters. The van der Waals surface area contributed by atoms with Crippen LogP contribution < -0.4 is 18.9 Å². The topological polar surface area (TPSA) is 251 Å². The van der Waals surface area contributed by atoms with E-state index in [9.17, 15) is 27.0 Å². The lowest BCUT2D eigenvalue weighted by molar-refractivity contribution is -0.154. The zero-order valence-electron chi connectivity index (χ0n) is 39.1. The molecule has 0 spiro atoms. The summed E-state index contributed by atoms with van der Waals surface area (Å²) in [5.74, 6) is 1.25. The summed E-state index contributed by atoms with van der Waals surface area (Å²) < 4.78 is 88.4. The van der Waals surface area contributed by atoms with E-state index in [1.54, 1.807) is 70.3 Å². The molecule has 6 heterocycles. The molecule has 0 amide bonds. The fraction of sp³-hybridized carbons (Fsp3) is 0.435. The molecule has 364 valence electrons. The highest BCUT2D eigenvalue weighted by molar-refractivity contribution is 7.90. The minimum atomic E-state index is -3.77. The van der Waals surface area contributed by atoms with Gasteiger partial charge < -0.3 is 38.6 Å². The van der Waals surface area contributed by atoms with Crippen LogP contribution in [0.15, 0.2) is 73.3 Å². The Hall–Kier alpha value is -6.04. The number of pyridine rings is 2. The Balaban J connectivity index is 0.000000201. The van der Waals surface area contributed by atoms with Crippen molar-refractivity contribution in [2.45, 2.75) is 51.4 Å². The maximum atomic E-state index is 13.1. The van der Waals surface area contributed by atoms with Gasteiger partial charge >= 0.3 is 0 Å². The van der Waals surface area contributed by atoms with Crippen LogP contribution in [0.25, 0.3) is 34.2 Å². The minimum absolute atomic E-state index is 0.168. The molecule has 2 aliphatic rings. The number of sulfone groups is 2. The van der Waals surface area contributed by atoms with Crippen molar-refractivity contribution in [2.24, 2.45) is 10.8 Å². The molecule has 4 aromatic heterocycles. The number of aliphatic hydroxyl groups excluding tert-OH is 2. The number of methoxy groups -OCH3 is 4. The van der Waals surface area contributed by atoms with Crippen LogP contribution in [0.3, 0.4) is 0 Å². The van der Waals surface area contributed by atoms with E-state index in [0.717, 1.165) is 11.1 Å². The monoisotopic (exact) mass is 976 g/mol. The third-order valence-corrected chi connectivity index (χ3v) is 14.9. The minimum Gasteiger partial charge on any atom is -0.494 e. The molecule has 0 radical (unpaired) electrons. The van der Waals surface area contributed by atoms with Crippen LogP contribution in [0, 0.1) is 24.7 Å². The first-order chi connectivity index (χ1) is 32.3. The predicted molar refractivity (Wildman–Crippen MR) is 250 cm³/mol. The summed E-state index contributed by atoms with van der Waals surface area (Å²) in [6.07, 6.45) is 4.59.